The van der Waals surface area contributed by atoms with Crippen molar-refractivity contribution in [1.82, 2.24) is 4.57 Å². The van der Waals surface area contributed by atoms with E-state index >= 15 is 0 Å². The predicted octanol–water partition coefficient (Wildman–Crippen LogP) is 3.95. The molecule has 5 nitrogen and oxygen atoms in total. The van der Waals surface area contributed by atoms with E-state index in [4.69, 9.17) is 9.47 Å². The van der Waals surface area contributed by atoms with Gasteiger partial charge in [0.15, 0.2) is 0 Å². The highest BCUT2D eigenvalue weighted by molar-refractivity contribution is 5.96. The molecule has 2 aromatic carbocycles. The molecular formula is C22H21NO4. The fourth-order valence-corrected chi connectivity index (χ4v) is 3.04. The van der Waals surface area contributed by atoms with E-state index in [9.17, 15) is 9.59 Å². The Kier molecular flexibility index (Phi) is 5.41. The zero-order valence-electron chi connectivity index (χ0n) is 15.6. The summed E-state index contributed by atoms with van der Waals surface area (Å²) >= 11 is 0. The monoisotopic (exact) mass is 363 g/mol. The molecule has 1 heterocycles. The fraction of sp³-hybridized carbons (Fsp3) is 0.182. The van der Waals surface area contributed by atoms with Crippen molar-refractivity contribution < 1.29 is 19.1 Å². The average molecular weight is 363 g/mol. The van der Waals surface area contributed by atoms with Gasteiger partial charge in [-0.05, 0) is 24.6 Å². The Bertz CT molecular complexity index is 956. The van der Waals surface area contributed by atoms with Gasteiger partial charge in [-0.3, -0.25) is 4.79 Å². The Labute approximate surface area is 158 Å². The molecule has 0 amide bonds. The first kappa shape index (κ1) is 18.5. The van der Waals surface area contributed by atoms with Crippen LogP contribution in [0.2, 0.25) is 0 Å². The van der Waals surface area contributed by atoms with Crippen LogP contribution in [-0.2, 0) is 20.7 Å². The second-order valence-electron chi connectivity index (χ2n) is 6.19. The van der Waals surface area contributed by atoms with Gasteiger partial charge in [-0.1, -0.05) is 48.0 Å². The third-order valence-corrected chi connectivity index (χ3v) is 4.42. The Morgan fingerprint density at radius 3 is 2.19 bits per heavy atom. The van der Waals surface area contributed by atoms with E-state index in [1.165, 1.54) is 14.2 Å². The molecule has 0 unspecified atom stereocenters. The van der Waals surface area contributed by atoms with Gasteiger partial charge in [0.05, 0.1) is 31.9 Å². The molecule has 0 saturated heterocycles. The van der Waals surface area contributed by atoms with Crippen molar-refractivity contribution >= 4 is 11.9 Å². The summed E-state index contributed by atoms with van der Waals surface area (Å²) in [5.41, 5.74) is 4.62. The summed E-state index contributed by atoms with van der Waals surface area (Å²) in [4.78, 5) is 24.4. The van der Waals surface area contributed by atoms with Crippen LogP contribution in [0, 0.1) is 6.92 Å². The summed E-state index contributed by atoms with van der Waals surface area (Å²) in [5, 5.41) is 0. The van der Waals surface area contributed by atoms with Gasteiger partial charge in [0.25, 0.3) is 0 Å². The van der Waals surface area contributed by atoms with E-state index in [-0.39, 0.29) is 6.42 Å². The number of carbonyl (C=O) groups is 2. The van der Waals surface area contributed by atoms with Gasteiger partial charge in [0, 0.05) is 17.4 Å². The van der Waals surface area contributed by atoms with Crippen molar-refractivity contribution in [3.8, 4) is 16.9 Å². The van der Waals surface area contributed by atoms with E-state index in [0.29, 0.717) is 11.1 Å². The van der Waals surface area contributed by atoms with E-state index in [2.05, 4.69) is 0 Å². The van der Waals surface area contributed by atoms with Crippen LogP contribution < -0.4 is 0 Å². The van der Waals surface area contributed by atoms with Crippen LogP contribution in [0.1, 0.15) is 21.5 Å². The van der Waals surface area contributed by atoms with Gasteiger partial charge >= 0.3 is 11.9 Å². The van der Waals surface area contributed by atoms with E-state index < -0.39 is 11.9 Å². The molecular weight excluding hydrogens is 342 g/mol. The van der Waals surface area contributed by atoms with Crippen LogP contribution >= 0.6 is 0 Å². The smallest absolute Gasteiger partial charge is 0.339 e. The lowest BCUT2D eigenvalue weighted by atomic mass is 10.0. The average Bonchev–Trinajstić information content (AvgIpc) is 3.07. The number of carbonyl (C=O) groups excluding carboxylic acids is 2. The number of aromatic nitrogens is 1. The van der Waals surface area contributed by atoms with Gasteiger partial charge < -0.3 is 14.0 Å². The molecule has 0 bridgehead atoms. The lowest BCUT2D eigenvalue weighted by Gasteiger charge is -2.12. The van der Waals surface area contributed by atoms with Gasteiger partial charge in [0.2, 0.25) is 0 Å². The first-order valence-corrected chi connectivity index (χ1v) is 8.57. The van der Waals surface area contributed by atoms with Crippen LogP contribution in [0.3, 0.4) is 0 Å². The lowest BCUT2D eigenvalue weighted by Crippen LogP contribution is -2.10. The molecule has 0 saturated carbocycles. The zero-order valence-corrected chi connectivity index (χ0v) is 15.6. The van der Waals surface area contributed by atoms with Gasteiger partial charge in [-0.25, -0.2) is 4.79 Å². The predicted molar refractivity (Wildman–Crippen MR) is 103 cm³/mol. The number of ether oxygens (including phenoxy) is 2. The highest BCUT2D eigenvalue weighted by Crippen LogP contribution is 2.32. The second kappa shape index (κ2) is 7.91. The molecule has 138 valence electrons. The lowest BCUT2D eigenvalue weighted by molar-refractivity contribution is -0.139. The first-order chi connectivity index (χ1) is 13.0. The Morgan fingerprint density at radius 1 is 0.926 bits per heavy atom. The summed E-state index contributed by atoms with van der Waals surface area (Å²) < 4.78 is 11.7. The summed E-state index contributed by atoms with van der Waals surface area (Å²) in [6, 6.07) is 17.6. The summed E-state index contributed by atoms with van der Waals surface area (Å²) in [5.74, 6) is -0.907. The van der Waals surface area contributed by atoms with Crippen LogP contribution in [-0.4, -0.2) is 30.7 Å². The van der Waals surface area contributed by atoms with E-state index in [1.807, 2.05) is 66.1 Å². The van der Waals surface area contributed by atoms with Crippen molar-refractivity contribution in [3.63, 3.8) is 0 Å². The molecule has 1 aromatic heterocycles. The number of aryl methyl sites for hydroxylation is 1. The van der Waals surface area contributed by atoms with Crippen LogP contribution in [0.4, 0.5) is 0 Å². The minimum Gasteiger partial charge on any atom is -0.469 e. The summed E-state index contributed by atoms with van der Waals surface area (Å²) in [6.07, 6.45) is 1.70. The van der Waals surface area contributed by atoms with Crippen molar-refractivity contribution in [1.29, 1.82) is 0 Å². The fourth-order valence-electron chi connectivity index (χ4n) is 3.04. The minimum absolute atomic E-state index is 0.0238. The van der Waals surface area contributed by atoms with Crippen LogP contribution in [0.15, 0.2) is 60.8 Å². The molecule has 3 rings (SSSR count). The van der Waals surface area contributed by atoms with Crippen molar-refractivity contribution in [2.75, 3.05) is 14.2 Å². The van der Waals surface area contributed by atoms with E-state index in [0.717, 1.165) is 22.5 Å². The highest BCUT2D eigenvalue weighted by Gasteiger charge is 2.25. The first-order valence-electron chi connectivity index (χ1n) is 8.57. The van der Waals surface area contributed by atoms with Crippen LogP contribution in [0.5, 0.6) is 0 Å². The molecule has 27 heavy (non-hydrogen) atoms. The number of hydrogen-bond acceptors (Lipinski definition) is 4. The maximum atomic E-state index is 12.4. The largest absolute Gasteiger partial charge is 0.469 e. The second-order valence-corrected chi connectivity index (χ2v) is 6.19. The molecule has 0 aliphatic rings. The maximum Gasteiger partial charge on any atom is 0.339 e. The van der Waals surface area contributed by atoms with Crippen molar-refractivity contribution in [2.24, 2.45) is 0 Å². The van der Waals surface area contributed by atoms with Crippen molar-refractivity contribution in [3.05, 3.63) is 77.5 Å². The van der Waals surface area contributed by atoms with Crippen LogP contribution in [0.25, 0.3) is 16.9 Å². The third-order valence-electron chi connectivity index (χ3n) is 4.42. The molecule has 0 spiro atoms. The number of nitrogens with zero attached hydrogens (tertiary/aromatic N) is 1. The van der Waals surface area contributed by atoms with Crippen molar-refractivity contribution in [2.45, 2.75) is 13.3 Å². The molecule has 0 atom stereocenters. The standard InChI is InChI=1S/C22H21NO4/c1-15-9-11-17(12-10-15)23-14-19(22(25)27-3)18(13-20(24)26-2)21(23)16-7-5-4-6-8-16/h4-12,14H,13H2,1-3H3. The van der Waals surface area contributed by atoms with E-state index in [1.54, 1.807) is 6.20 Å². The topological polar surface area (TPSA) is 57.5 Å². The normalized spacial score (nSPS) is 10.5. The quantitative estimate of drug-likeness (QED) is 0.644. The number of esters is 2. The van der Waals surface area contributed by atoms with Gasteiger partial charge in [-0.15, -0.1) is 0 Å². The number of benzene rings is 2. The third kappa shape index (κ3) is 3.77. The molecule has 0 aliphatic heterocycles. The highest BCUT2D eigenvalue weighted by atomic mass is 16.5. The Hall–Kier alpha value is -3.34. The number of hydrogen-bond donors (Lipinski definition) is 0. The SMILES string of the molecule is COC(=O)Cc1c(C(=O)OC)cn(-c2ccc(C)cc2)c1-c1ccccc1. The summed E-state index contributed by atoms with van der Waals surface area (Å²) in [7, 11) is 2.66. The summed E-state index contributed by atoms with van der Waals surface area (Å²) in [6.45, 7) is 2.01. The Balaban J connectivity index is 2.30. The molecule has 0 aliphatic carbocycles. The number of rotatable bonds is 5. The molecule has 0 N–H and O–H groups in total. The Morgan fingerprint density at radius 2 is 1.59 bits per heavy atom. The zero-order chi connectivity index (χ0) is 19.4. The maximum absolute atomic E-state index is 12.4. The van der Waals surface area contributed by atoms with Gasteiger partial charge in [0.1, 0.15) is 0 Å². The minimum atomic E-state index is -0.489. The molecule has 3 aromatic rings. The van der Waals surface area contributed by atoms with Gasteiger partial charge in [-0.2, -0.15) is 0 Å². The number of methoxy groups -OCH3 is 2. The molecule has 0 fully saturated rings. The molecule has 5 heteroatoms. The molecule has 0 radical (unpaired) electrons.